The molecule has 5 heteroatoms. The van der Waals surface area contributed by atoms with Crippen LogP contribution >= 0.6 is 11.6 Å². The minimum Gasteiger partial charge on any atom is -0.350 e. The molecule has 1 rings (SSSR count). The molecule has 20 heavy (non-hydrogen) atoms. The second kappa shape index (κ2) is 8.22. The summed E-state index contributed by atoms with van der Waals surface area (Å²) in [6.45, 7) is 4.98. The number of likely N-dealkylation sites (N-methyl/N-ethyl adjacent to an activating group) is 1. The van der Waals surface area contributed by atoms with Gasteiger partial charge in [0, 0.05) is 25.0 Å². The third-order valence-electron chi connectivity index (χ3n) is 3.74. The molecular formula is C15H24ClN3O. The van der Waals surface area contributed by atoms with E-state index in [0.717, 1.165) is 12.8 Å². The number of aromatic nitrogens is 1. The minimum absolute atomic E-state index is 0.166. The number of nitrogens with one attached hydrogen (secondary N) is 1. The predicted octanol–water partition coefficient (Wildman–Crippen LogP) is 2.83. The van der Waals surface area contributed by atoms with Crippen molar-refractivity contribution in [2.24, 2.45) is 5.92 Å². The van der Waals surface area contributed by atoms with E-state index >= 15 is 0 Å². The SMILES string of the molecule is CCC(CC)C(CNC(=O)c1cnccc1Cl)N(C)C. The van der Waals surface area contributed by atoms with Crippen molar-refractivity contribution in [3.8, 4) is 0 Å². The van der Waals surface area contributed by atoms with Crippen molar-refractivity contribution < 1.29 is 4.79 Å². The number of pyridine rings is 1. The number of hydrogen-bond donors (Lipinski definition) is 1. The van der Waals surface area contributed by atoms with Crippen molar-refractivity contribution in [3.05, 3.63) is 29.0 Å². The fraction of sp³-hybridized carbons (Fsp3) is 0.600. The average molecular weight is 298 g/mol. The van der Waals surface area contributed by atoms with Crippen LogP contribution in [0.1, 0.15) is 37.0 Å². The Kier molecular flexibility index (Phi) is 6.96. The summed E-state index contributed by atoms with van der Waals surface area (Å²) in [5, 5.41) is 3.40. The monoisotopic (exact) mass is 297 g/mol. The first kappa shape index (κ1) is 16.9. The quantitative estimate of drug-likeness (QED) is 0.842. The second-order valence-corrected chi connectivity index (χ2v) is 5.58. The van der Waals surface area contributed by atoms with E-state index in [2.05, 4.69) is 29.0 Å². The number of rotatable bonds is 7. The van der Waals surface area contributed by atoms with Crippen LogP contribution in [-0.2, 0) is 0 Å². The number of carbonyl (C=O) groups excluding carboxylic acids is 1. The van der Waals surface area contributed by atoms with Gasteiger partial charge in [0.25, 0.3) is 5.91 Å². The van der Waals surface area contributed by atoms with Crippen LogP contribution in [0.2, 0.25) is 5.02 Å². The lowest BCUT2D eigenvalue weighted by molar-refractivity contribution is 0.0928. The van der Waals surface area contributed by atoms with Gasteiger partial charge in [-0.25, -0.2) is 0 Å². The van der Waals surface area contributed by atoms with Crippen LogP contribution in [-0.4, -0.2) is 42.5 Å². The molecule has 0 saturated heterocycles. The molecule has 0 aliphatic heterocycles. The average Bonchev–Trinajstić information content (AvgIpc) is 2.43. The highest BCUT2D eigenvalue weighted by Crippen LogP contribution is 2.17. The molecule has 0 fully saturated rings. The van der Waals surface area contributed by atoms with E-state index in [1.807, 2.05) is 14.1 Å². The molecular weight excluding hydrogens is 274 g/mol. The summed E-state index contributed by atoms with van der Waals surface area (Å²) < 4.78 is 0. The molecule has 0 saturated carbocycles. The van der Waals surface area contributed by atoms with Crippen LogP contribution < -0.4 is 5.32 Å². The lowest BCUT2D eigenvalue weighted by atomic mass is 9.93. The predicted molar refractivity (Wildman–Crippen MR) is 83.1 cm³/mol. The zero-order chi connectivity index (χ0) is 15.1. The van der Waals surface area contributed by atoms with Crippen LogP contribution in [0.3, 0.4) is 0 Å². The van der Waals surface area contributed by atoms with Gasteiger partial charge in [0.15, 0.2) is 0 Å². The van der Waals surface area contributed by atoms with E-state index in [4.69, 9.17) is 11.6 Å². The Balaban J connectivity index is 2.68. The lowest BCUT2D eigenvalue weighted by Crippen LogP contribution is -2.44. The Labute approximate surface area is 126 Å². The molecule has 0 aliphatic rings. The molecule has 1 heterocycles. The fourth-order valence-electron chi connectivity index (χ4n) is 2.44. The molecule has 4 nitrogen and oxygen atoms in total. The number of carbonyl (C=O) groups is 1. The van der Waals surface area contributed by atoms with Gasteiger partial charge in [-0.05, 0) is 26.1 Å². The van der Waals surface area contributed by atoms with Gasteiger partial charge >= 0.3 is 0 Å². The Hall–Kier alpha value is -1.13. The van der Waals surface area contributed by atoms with Gasteiger partial charge in [-0.3, -0.25) is 9.78 Å². The number of nitrogens with zero attached hydrogens (tertiary/aromatic N) is 2. The molecule has 1 unspecified atom stereocenters. The topological polar surface area (TPSA) is 45.2 Å². The summed E-state index contributed by atoms with van der Waals surface area (Å²) >= 11 is 6.00. The standard InChI is InChI=1S/C15H24ClN3O/c1-5-11(6-2)14(19(3)4)10-18-15(20)12-9-17-8-7-13(12)16/h7-9,11,14H,5-6,10H2,1-4H3,(H,18,20). The maximum Gasteiger partial charge on any atom is 0.254 e. The summed E-state index contributed by atoms with van der Waals surface area (Å²) in [6, 6.07) is 1.95. The fourth-order valence-corrected chi connectivity index (χ4v) is 2.63. The van der Waals surface area contributed by atoms with Gasteiger partial charge in [0.05, 0.1) is 10.6 Å². The number of amides is 1. The van der Waals surface area contributed by atoms with Crippen LogP contribution in [0.25, 0.3) is 0 Å². The molecule has 0 aromatic carbocycles. The van der Waals surface area contributed by atoms with E-state index in [-0.39, 0.29) is 5.91 Å². The van der Waals surface area contributed by atoms with Crippen molar-refractivity contribution in [2.45, 2.75) is 32.7 Å². The van der Waals surface area contributed by atoms with Crippen LogP contribution in [0.4, 0.5) is 0 Å². The van der Waals surface area contributed by atoms with Gasteiger partial charge in [-0.2, -0.15) is 0 Å². The van der Waals surface area contributed by atoms with Crippen LogP contribution in [0.15, 0.2) is 18.5 Å². The third kappa shape index (κ3) is 4.46. The molecule has 1 N–H and O–H groups in total. The molecule has 1 amide bonds. The first-order valence-corrected chi connectivity index (χ1v) is 7.43. The number of halogens is 1. The highest BCUT2D eigenvalue weighted by atomic mass is 35.5. The maximum absolute atomic E-state index is 12.1. The van der Waals surface area contributed by atoms with E-state index in [0.29, 0.717) is 29.1 Å². The molecule has 112 valence electrons. The highest BCUT2D eigenvalue weighted by molar-refractivity contribution is 6.33. The first-order chi connectivity index (χ1) is 9.51. The summed E-state index contributed by atoms with van der Waals surface area (Å²) in [5.41, 5.74) is 0.427. The van der Waals surface area contributed by atoms with E-state index < -0.39 is 0 Å². The lowest BCUT2D eigenvalue weighted by Gasteiger charge is -2.31. The normalized spacial score (nSPS) is 12.8. The molecule has 0 spiro atoms. The zero-order valence-corrected chi connectivity index (χ0v) is 13.4. The highest BCUT2D eigenvalue weighted by Gasteiger charge is 2.21. The zero-order valence-electron chi connectivity index (χ0n) is 12.7. The molecule has 0 aliphatic carbocycles. The smallest absolute Gasteiger partial charge is 0.254 e. The second-order valence-electron chi connectivity index (χ2n) is 5.17. The van der Waals surface area contributed by atoms with Crippen molar-refractivity contribution >= 4 is 17.5 Å². The van der Waals surface area contributed by atoms with Crippen LogP contribution in [0, 0.1) is 5.92 Å². The Morgan fingerprint density at radius 3 is 2.55 bits per heavy atom. The van der Waals surface area contributed by atoms with Gasteiger partial charge in [0.2, 0.25) is 0 Å². The number of hydrogen-bond acceptors (Lipinski definition) is 3. The Morgan fingerprint density at radius 2 is 2.05 bits per heavy atom. The Bertz CT molecular complexity index is 433. The van der Waals surface area contributed by atoms with E-state index in [1.54, 1.807) is 12.3 Å². The minimum atomic E-state index is -0.166. The summed E-state index contributed by atoms with van der Waals surface area (Å²) in [7, 11) is 4.10. The van der Waals surface area contributed by atoms with Gasteiger partial charge in [-0.1, -0.05) is 38.3 Å². The summed E-state index contributed by atoms with van der Waals surface area (Å²) in [5.74, 6) is 0.399. The molecule has 1 aromatic heterocycles. The molecule has 0 bridgehead atoms. The summed E-state index contributed by atoms with van der Waals surface area (Å²) in [4.78, 5) is 18.2. The van der Waals surface area contributed by atoms with Gasteiger partial charge < -0.3 is 10.2 Å². The van der Waals surface area contributed by atoms with Crippen molar-refractivity contribution in [3.63, 3.8) is 0 Å². The van der Waals surface area contributed by atoms with Crippen molar-refractivity contribution in [1.82, 2.24) is 15.2 Å². The third-order valence-corrected chi connectivity index (χ3v) is 4.07. The molecule has 1 atom stereocenters. The van der Waals surface area contributed by atoms with Gasteiger partial charge in [0.1, 0.15) is 0 Å². The van der Waals surface area contributed by atoms with Crippen LogP contribution in [0.5, 0.6) is 0 Å². The van der Waals surface area contributed by atoms with Crippen molar-refractivity contribution in [1.29, 1.82) is 0 Å². The van der Waals surface area contributed by atoms with E-state index in [1.165, 1.54) is 6.20 Å². The van der Waals surface area contributed by atoms with Crippen molar-refractivity contribution in [2.75, 3.05) is 20.6 Å². The molecule has 1 aromatic rings. The Morgan fingerprint density at radius 1 is 1.40 bits per heavy atom. The first-order valence-electron chi connectivity index (χ1n) is 7.05. The maximum atomic E-state index is 12.1. The largest absolute Gasteiger partial charge is 0.350 e. The van der Waals surface area contributed by atoms with Gasteiger partial charge in [-0.15, -0.1) is 0 Å². The van der Waals surface area contributed by atoms with E-state index in [9.17, 15) is 4.79 Å². The summed E-state index contributed by atoms with van der Waals surface area (Å²) in [6.07, 6.45) is 5.27. The molecule has 0 radical (unpaired) electrons.